The molecular formula is C21H31N5O2S. The van der Waals surface area contributed by atoms with Crippen LogP contribution in [0, 0.1) is 6.92 Å². The third-order valence-electron chi connectivity index (χ3n) is 5.89. The average Bonchev–Trinajstić information content (AvgIpc) is 3.06. The van der Waals surface area contributed by atoms with Gasteiger partial charge in [-0.25, -0.2) is 14.8 Å². The Balaban J connectivity index is 1.74. The first kappa shape index (κ1) is 20.5. The molecular weight excluding hydrogens is 386 g/mol. The van der Waals surface area contributed by atoms with E-state index in [1.165, 1.54) is 30.6 Å². The lowest BCUT2D eigenvalue weighted by atomic mass is 10.1. The van der Waals surface area contributed by atoms with E-state index in [4.69, 9.17) is 14.7 Å². The second-order valence-corrected chi connectivity index (χ2v) is 9.05. The van der Waals surface area contributed by atoms with Gasteiger partial charge in [0.15, 0.2) is 0 Å². The van der Waals surface area contributed by atoms with Gasteiger partial charge < -0.3 is 14.5 Å². The number of aryl methyl sites for hydroxylation is 1. The van der Waals surface area contributed by atoms with E-state index in [-0.39, 0.29) is 5.97 Å². The zero-order chi connectivity index (χ0) is 20.4. The van der Waals surface area contributed by atoms with Crippen molar-refractivity contribution in [2.45, 2.75) is 39.7 Å². The van der Waals surface area contributed by atoms with E-state index in [1.807, 2.05) is 13.8 Å². The van der Waals surface area contributed by atoms with Crippen molar-refractivity contribution in [2.75, 3.05) is 57.8 Å². The smallest absolute Gasteiger partial charge is 0.348 e. The van der Waals surface area contributed by atoms with Crippen LogP contribution >= 0.6 is 11.3 Å². The molecule has 0 aromatic carbocycles. The fraction of sp³-hybridized carbons (Fsp3) is 0.667. The minimum Gasteiger partial charge on any atom is -0.462 e. The summed E-state index contributed by atoms with van der Waals surface area (Å²) in [7, 11) is 2.16. The van der Waals surface area contributed by atoms with E-state index in [2.05, 4.69) is 21.7 Å². The van der Waals surface area contributed by atoms with Crippen LogP contribution in [0.5, 0.6) is 0 Å². The third kappa shape index (κ3) is 4.39. The molecule has 2 aromatic rings. The number of hydrogen-bond acceptors (Lipinski definition) is 8. The zero-order valence-corrected chi connectivity index (χ0v) is 18.6. The minimum atomic E-state index is -0.255. The first-order valence-electron chi connectivity index (χ1n) is 10.7. The lowest BCUT2D eigenvalue weighted by molar-refractivity contribution is 0.0531. The summed E-state index contributed by atoms with van der Waals surface area (Å²) in [6.07, 6.45) is 3.81. The van der Waals surface area contributed by atoms with Crippen LogP contribution in [0.1, 0.15) is 47.2 Å². The molecule has 0 N–H and O–H groups in total. The molecule has 0 saturated carbocycles. The number of carbonyl (C=O) groups is 1. The Hall–Kier alpha value is -1.77. The van der Waals surface area contributed by atoms with Crippen LogP contribution in [0.3, 0.4) is 0 Å². The van der Waals surface area contributed by atoms with Crippen LogP contribution in [0.25, 0.3) is 10.2 Å². The van der Waals surface area contributed by atoms with Gasteiger partial charge in [-0.1, -0.05) is 6.42 Å². The lowest BCUT2D eigenvalue weighted by Crippen LogP contribution is -2.45. The lowest BCUT2D eigenvalue weighted by Gasteiger charge is -2.34. The van der Waals surface area contributed by atoms with Gasteiger partial charge in [0.1, 0.15) is 21.3 Å². The Labute approximate surface area is 176 Å². The molecule has 0 aliphatic carbocycles. The topological polar surface area (TPSA) is 61.8 Å². The van der Waals surface area contributed by atoms with Crippen LogP contribution in [0.4, 0.5) is 5.82 Å². The minimum absolute atomic E-state index is 0.255. The first-order chi connectivity index (χ1) is 14.1. The number of ether oxygens (including phenoxy) is 1. The van der Waals surface area contributed by atoms with Crippen molar-refractivity contribution in [3.05, 3.63) is 16.3 Å². The normalized spacial score (nSPS) is 19.1. The average molecular weight is 418 g/mol. The molecule has 4 heterocycles. The number of nitrogens with zero attached hydrogens (tertiary/aromatic N) is 5. The van der Waals surface area contributed by atoms with Gasteiger partial charge in [-0.05, 0) is 52.4 Å². The van der Waals surface area contributed by atoms with E-state index in [0.29, 0.717) is 11.5 Å². The fourth-order valence-electron chi connectivity index (χ4n) is 4.19. The molecule has 0 radical (unpaired) electrons. The maximum Gasteiger partial charge on any atom is 0.348 e. The van der Waals surface area contributed by atoms with E-state index in [0.717, 1.165) is 73.2 Å². The number of fused-ring (bicyclic) bond motifs is 1. The van der Waals surface area contributed by atoms with Crippen LogP contribution in [-0.4, -0.2) is 78.7 Å². The van der Waals surface area contributed by atoms with E-state index < -0.39 is 0 Å². The van der Waals surface area contributed by atoms with Crippen molar-refractivity contribution in [3.63, 3.8) is 0 Å². The van der Waals surface area contributed by atoms with Gasteiger partial charge >= 0.3 is 5.97 Å². The number of hydrogen-bond donors (Lipinski definition) is 0. The largest absolute Gasteiger partial charge is 0.462 e. The second kappa shape index (κ2) is 8.93. The van der Waals surface area contributed by atoms with Crippen LogP contribution in [0.15, 0.2) is 0 Å². The molecule has 29 heavy (non-hydrogen) atoms. The predicted octanol–water partition coefficient (Wildman–Crippen LogP) is 2.91. The van der Waals surface area contributed by atoms with Gasteiger partial charge in [-0.3, -0.25) is 4.90 Å². The standard InChI is InChI=1S/C21H31N5O2S/c1-4-28-21(27)18-15(2)17-19(26-12-10-24(3)11-13-26)22-16(23-20(17)29-18)14-25-8-6-5-7-9-25/h4-14H2,1-3H3. The monoisotopic (exact) mass is 417 g/mol. The summed E-state index contributed by atoms with van der Waals surface area (Å²) >= 11 is 1.45. The van der Waals surface area contributed by atoms with Crippen molar-refractivity contribution < 1.29 is 9.53 Å². The quantitative estimate of drug-likeness (QED) is 0.693. The number of aromatic nitrogens is 2. The molecule has 0 bridgehead atoms. The summed E-state index contributed by atoms with van der Waals surface area (Å²) in [4.78, 5) is 31.1. The predicted molar refractivity (Wildman–Crippen MR) is 117 cm³/mol. The highest BCUT2D eigenvalue weighted by molar-refractivity contribution is 7.20. The van der Waals surface area contributed by atoms with Crippen LogP contribution in [-0.2, 0) is 11.3 Å². The first-order valence-corrected chi connectivity index (χ1v) is 11.5. The molecule has 4 rings (SSSR count). The SMILES string of the molecule is CCOC(=O)c1sc2nc(CN3CCCCC3)nc(N3CCN(C)CC3)c2c1C. The Morgan fingerprint density at radius 2 is 1.79 bits per heavy atom. The summed E-state index contributed by atoms with van der Waals surface area (Å²) in [6.45, 7) is 11.1. The number of likely N-dealkylation sites (tertiary alicyclic amines) is 1. The van der Waals surface area contributed by atoms with E-state index >= 15 is 0 Å². The number of thiophene rings is 1. The van der Waals surface area contributed by atoms with Gasteiger partial charge in [-0.15, -0.1) is 11.3 Å². The maximum atomic E-state index is 12.5. The number of piperidine rings is 1. The molecule has 2 aliphatic heterocycles. The highest BCUT2D eigenvalue weighted by Crippen LogP contribution is 2.36. The van der Waals surface area contributed by atoms with Gasteiger partial charge in [0, 0.05) is 26.2 Å². The molecule has 0 spiro atoms. The number of likely N-dealkylation sites (N-methyl/N-ethyl adjacent to an activating group) is 1. The van der Waals surface area contributed by atoms with Crippen molar-refractivity contribution in [1.82, 2.24) is 19.8 Å². The second-order valence-electron chi connectivity index (χ2n) is 8.05. The Kier molecular flexibility index (Phi) is 6.32. The summed E-state index contributed by atoms with van der Waals surface area (Å²) < 4.78 is 5.28. The Morgan fingerprint density at radius 3 is 2.48 bits per heavy atom. The van der Waals surface area contributed by atoms with E-state index in [1.54, 1.807) is 0 Å². The fourth-order valence-corrected chi connectivity index (χ4v) is 5.28. The number of anilines is 1. The Morgan fingerprint density at radius 1 is 1.07 bits per heavy atom. The van der Waals surface area contributed by atoms with Gasteiger partial charge in [0.05, 0.1) is 18.5 Å². The number of rotatable bonds is 5. The number of carbonyl (C=O) groups excluding carboxylic acids is 1. The molecule has 2 aromatic heterocycles. The highest BCUT2D eigenvalue weighted by Gasteiger charge is 2.26. The maximum absolute atomic E-state index is 12.5. The van der Waals surface area contributed by atoms with E-state index in [9.17, 15) is 4.79 Å². The summed E-state index contributed by atoms with van der Waals surface area (Å²) in [5.74, 6) is 1.60. The number of piperazine rings is 1. The third-order valence-corrected chi connectivity index (χ3v) is 7.06. The molecule has 158 valence electrons. The molecule has 0 amide bonds. The summed E-state index contributed by atoms with van der Waals surface area (Å²) in [6, 6.07) is 0. The zero-order valence-electron chi connectivity index (χ0n) is 17.7. The molecule has 7 nitrogen and oxygen atoms in total. The van der Waals surface area contributed by atoms with Crippen molar-refractivity contribution in [1.29, 1.82) is 0 Å². The van der Waals surface area contributed by atoms with Gasteiger partial charge in [-0.2, -0.15) is 0 Å². The highest BCUT2D eigenvalue weighted by atomic mass is 32.1. The molecule has 2 saturated heterocycles. The molecule has 0 atom stereocenters. The van der Waals surface area contributed by atoms with Crippen LogP contribution < -0.4 is 4.90 Å². The van der Waals surface area contributed by atoms with Crippen LogP contribution in [0.2, 0.25) is 0 Å². The molecule has 0 unspecified atom stereocenters. The van der Waals surface area contributed by atoms with Gasteiger partial charge in [0.2, 0.25) is 0 Å². The number of esters is 1. The van der Waals surface area contributed by atoms with Crippen molar-refractivity contribution >= 4 is 33.3 Å². The van der Waals surface area contributed by atoms with Gasteiger partial charge in [0.25, 0.3) is 0 Å². The molecule has 2 fully saturated rings. The molecule has 8 heteroatoms. The van der Waals surface area contributed by atoms with Crippen molar-refractivity contribution in [2.24, 2.45) is 0 Å². The Bertz CT molecular complexity index is 870. The van der Waals surface area contributed by atoms with Crippen molar-refractivity contribution in [3.8, 4) is 0 Å². The summed E-state index contributed by atoms with van der Waals surface area (Å²) in [5.41, 5.74) is 0.946. The molecule has 2 aliphatic rings. The summed E-state index contributed by atoms with van der Waals surface area (Å²) in [5, 5.41) is 1.02.